The Labute approximate surface area is 163 Å². The monoisotopic (exact) mass is 382 g/mol. The Bertz CT molecular complexity index is 870. The van der Waals surface area contributed by atoms with Crippen molar-refractivity contribution in [1.82, 2.24) is 9.80 Å². The Hall–Kier alpha value is -3.06. The minimum atomic E-state index is -0.256. The van der Waals surface area contributed by atoms with Crippen LogP contribution in [0.5, 0.6) is 11.5 Å². The molecule has 1 atom stereocenters. The number of rotatable bonds is 4. The van der Waals surface area contributed by atoms with E-state index in [-0.39, 0.29) is 31.3 Å². The highest BCUT2D eigenvalue weighted by atomic mass is 16.7. The van der Waals surface area contributed by atoms with Gasteiger partial charge in [-0.1, -0.05) is 30.3 Å². The standard InChI is InChI=1S/C21H22N2O5/c1-26-17-11-22(10-15-5-3-2-4-6-15)20(24)13-23(12-17)21(25)16-7-8-18-19(9-16)28-14-27-18/h2-9,17H,10-14H2,1H3/t17-/m0/s1. The van der Waals surface area contributed by atoms with E-state index in [1.165, 1.54) is 0 Å². The van der Waals surface area contributed by atoms with Crippen molar-refractivity contribution in [1.29, 1.82) is 0 Å². The molecule has 146 valence electrons. The average molecular weight is 382 g/mol. The van der Waals surface area contributed by atoms with Crippen molar-refractivity contribution in [2.24, 2.45) is 0 Å². The predicted molar refractivity (Wildman–Crippen MR) is 101 cm³/mol. The van der Waals surface area contributed by atoms with Gasteiger partial charge in [0.25, 0.3) is 5.91 Å². The van der Waals surface area contributed by atoms with Crippen molar-refractivity contribution in [2.45, 2.75) is 12.6 Å². The van der Waals surface area contributed by atoms with Crippen molar-refractivity contribution in [2.75, 3.05) is 33.5 Å². The minimum Gasteiger partial charge on any atom is -0.454 e. The van der Waals surface area contributed by atoms with E-state index in [1.807, 2.05) is 30.3 Å². The van der Waals surface area contributed by atoms with Gasteiger partial charge in [0.05, 0.1) is 6.10 Å². The molecule has 0 saturated carbocycles. The van der Waals surface area contributed by atoms with Gasteiger partial charge in [-0.05, 0) is 23.8 Å². The van der Waals surface area contributed by atoms with Gasteiger partial charge in [0.2, 0.25) is 12.7 Å². The number of hydrogen-bond acceptors (Lipinski definition) is 5. The number of nitrogens with zero attached hydrogens (tertiary/aromatic N) is 2. The fraction of sp³-hybridized carbons (Fsp3) is 0.333. The second kappa shape index (κ2) is 7.90. The van der Waals surface area contributed by atoms with Crippen LogP contribution in [0.15, 0.2) is 48.5 Å². The van der Waals surface area contributed by atoms with E-state index < -0.39 is 0 Å². The smallest absolute Gasteiger partial charge is 0.254 e. The van der Waals surface area contributed by atoms with Gasteiger partial charge in [-0.2, -0.15) is 0 Å². The van der Waals surface area contributed by atoms with Crippen LogP contribution in [0.3, 0.4) is 0 Å². The number of carbonyl (C=O) groups is 2. The molecule has 0 N–H and O–H groups in total. The van der Waals surface area contributed by atoms with Gasteiger partial charge in [-0.15, -0.1) is 0 Å². The zero-order valence-corrected chi connectivity index (χ0v) is 15.7. The average Bonchev–Trinajstić information content (AvgIpc) is 3.13. The van der Waals surface area contributed by atoms with Crippen LogP contribution in [0.25, 0.3) is 0 Å². The largest absolute Gasteiger partial charge is 0.454 e. The van der Waals surface area contributed by atoms with Gasteiger partial charge in [0.1, 0.15) is 6.54 Å². The first-order chi connectivity index (χ1) is 13.6. The lowest BCUT2D eigenvalue weighted by Crippen LogP contribution is -2.39. The number of benzene rings is 2. The summed E-state index contributed by atoms with van der Waals surface area (Å²) in [6, 6.07) is 14.9. The molecular formula is C21H22N2O5. The second-order valence-electron chi connectivity index (χ2n) is 6.87. The molecule has 0 aliphatic carbocycles. The fourth-order valence-electron chi connectivity index (χ4n) is 3.45. The molecule has 2 amide bonds. The maximum atomic E-state index is 13.0. The van der Waals surface area contributed by atoms with Crippen LogP contribution in [0.4, 0.5) is 0 Å². The summed E-state index contributed by atoms with van der Waals surface area (Å²) in [5.41, 5.74) is 1.50. The summed E-state index contributed by atoms with van der Waals surface area (Å²) in [6.07, 6.45) is -0.256. The third-order valence-corrected chi connectivity index (χ3v) is 4.98. The molecule has 7 heteroatoms. The highest BCUT2D eigenvalue weighted by Crippen LogP contribution is 2.33. The number of hydrogen-bond donors (Lipinski definition) is 0. The maximum absolute atomic E-state index is 13.0. The van der Waals surface area contributed by atoms with Crippen molar-refractivity contribution >= 4 is 11.8 Å². The molecule has 0 unspecified atom stereocenters. The number of methoxy groups -OCH3 is 1. The summed E-state index contributed by atoms with van der Waals surface area (Å²) in [5, 5.41) is 0. The zero-order valence-electron chi connectivity index (χ0n) is 15.7. The van der Waals surface area contributed by atoms with E-state index in [2.05, 4.69) is 0 Å². The van der Waals surface area contributed by atoms with E-state index in [9.17, 15) is 9.59 Å². The number of carbonyl (C=O) groups excluding carboxylic acids is 2. The van der Waals surface area contributed by atoms with Crippen LogP contribution >= 0.6 is 0 Å². The van der Waals surface area contributed by atoms with Crippen molar-refractivity contribution in [3.63, 3.8) is 0 Å². The summed E-state index contributed by atoms with van der Waals surface area (Å²) >= 11 is 0. The van der Waals surface area contributed by atoms with E-state index >= 15 is 0 Å². The minimum absolute atomic E-state index is 0.0139. The molecule has 2 aliphatic rings. The summed E-state index contributed by atoms with van der Waals surface area (Å²) in [7, 11) is 1.60. The molecule has 0 aromatic heterocycles. The number of amides is 2. The van der Waals surface area contributed by atoms with E-state index in [0.29, 0.717) is 36.7 Å². The van der Waals surface area contributed by atoms with Gasteiger partial charge >= 0.3 is 0 Å². The SMILES string of the molecule is CO[C@H]1CN(Cc2ccccc2)C(=O)CN(C(=O)c2ccc3c(c2)OCO3)C1. The van der Waals surface area contributed by atoms with Gasteiger partial charge in [-0.25, -0.2) is 0 Å². The molecule has 2 heterocycles. The van der Waals surface area contributed by atoms with Crippen LogP contribution in [0.2, 0.25) is 0 Å². The quantitative estimate of drug-likeness (QED) is 0.808. The normalized spacial score (nSPS) is 18.9. The van der Waals surface area contributed by atoms with Crippen molar-refractivity contribution < 1.29 is 23.8 Å². The zero-order chi connectivity index (χ0) is 19.5. The molecule has 7 nitrogen and oxygen atoms in total. The molecular weight excluding hydrogens is 360 g/mol. The van der Waals surface area contributed by atoms with Crippen molar-refractivity contribution in [3.8, 4) is 11.5 Å². The van der Waals surface area contributed by atoms with Gasteiger partial charge < -0.3 is 24.0 Å². The lowest BCUT2D eigenvalue weighted by atomic mass is 10.1. The fourth-order valence-corrected chi connectivity index (χ4v) is 3.45. The number of fused-ring (bicyclic) bond motifs is 1. The topological polar surface area (TPSA) is 68.3 Å². The molecule has 1 fully saturated rings. The summed E-state index contributed by atoms with van der Waals surface area (Å²) in [4.78, 5) is 29.2. The van der Waals surface area contributed by atoms with Gasteiger partial charge in [0.15, 0.2) is 11.5 Å². The Morgan fingerprint density at radius 3 is 2.68 bits per heavy atom. The molecule has 4 rings (SSSR count). The third kappa shape index (κ3) is 3.80. The second-order valence-corrected chi connectivity index (χ2v) is 6.87. The molecule has 28 heavy (non-hydrogen) atoms. The van der Waals surface area contributed by atoms with Crippen molar-refractivity contribution in [3.05, 3.63) is 59.7 Å². The highest BCUT2D eigenvalue weighted by Gasteiger charge is 2.31. The first-order valence-corrected chi connectivity index (χ1v) is 9.17. The Morgan fingerprint density at radius 1 is 1.11 bits per heavy atom. The van der Waals surface area contributed by atoms with Crippen LogP contribution in [-0.4, -0.2) is 61.3 Å². The summed E-state index contributed by atoms with van der Waals surface area (Å²) in [5.74, 6) is 0.834. The summed E-state index contributed by atoms with van der Waals surface area (Å²) < 4.78 is 16.2. The molecule has 1 saturated heterocycles. The van der Waals surface area contributed by atoms with Crippen LogP contribution in [0.1, 0.15) is 15.9 Å². The lowest BCUT2D eigenvalue weighted by Gasteiger charge is -2.23. The number of ether oxygens (including phenoxy) is 3. The molecule has 0 spiro atoms. The highest BCUT2D eigenvalue weighted by molar-refractivity contribution is 5.97. The van der Waals surface area contributed by atoms with E-state index in [4.69, 9.17) is 14.2 Å². The Kier molecular flexibility index (Phi) is 5.16. The van der Waals surface area contributed by atoms with Crippen LogP contribution in [0, 0.1) is 0 Å². The molecule has 2 aliphatic heterocycles. The Morgan fingerprint density at radius 2 is 1.89 bits per heavy atom. The third-order valence-electron chi connectivity index (χ3n) is 4.98. The predicted octanol–water partition coefficient (Wildman–Crippen LogP) is 1.91. The first-order valence-electron chi connectivity index (χ1n) is 9.17. The first kappa shape index (κ1) is 18.3. The lowest BCUT2D eigenvalue weighted by molar-refractivity contribution is -0.132. The van der Waals surface area contributed by atoms with Crippen LogP contribution < -0.4 is 9.47 Å². The Balaban J connectivity index is 1.52. The van der Waals surface area contributed by atoms with E-state index in [1.54, 1.807) is 35.1 Å². The van der Waals surface area contributed by atoms with Crippen LogP contribution in [-0.2, 0) is 16.1 Å². The summed E-state index contributed by atoms with van der Waals surface area (Å²) in [6.45, 7) is 1.44. The molecule has 0 radical (unpaired) electrons. The van der Waals surface area contributed by atoms with Gasteiger partial charge in [-0.3, -0.25) is 9.59 Å². The molecule has 2 aromatic carbocycles. The molecule has 2 aromatic rings. The maximum Gasteiger partial charge on any atom is 0.254 e. The molecule has 0 bridgehead atoms. The van der Waals surface area contributed by atoms with Gasteiger partial charge in [0, 0.05) is 32.3 Å². The van der Waals surface area contributed by atoms with E-state index in [0.717, 1.165) is 5.56 Å².